The van der Waals surface area contributed by atoms with E-state index in [0.29, 0.717) is 24.6 Å². The molecule has 6 nitrogen and oxygen atoms in total. The Labute approximate surface area is 167 Å². The van der Waals surface area contributed by atoms with Gasteiger partial charge in [0.1, 0.15) is 5.00 Å². The van der Waals surface area contributed by atoms with Crippen molar-refractivity contribution in [2.45, 2.75) is 27.3 Å². The molecule has 1 aliphatic rings. The first-order valence-corrected chi connectivity index (χ1v) is 10.8. The zero-order valence-corrected chi connectivity index (χ0v) is 17.5. The van der Waals surface area contributed by atoms with E-state index < -0.39 is 0 Å². The van der Waals surface area contributed by atoms with Crippen LogP contribution in [0.1, 0.15) is 32.6 Å². The van der Waals surface area contributed by atoms with Crippen molar-refractivity contribution >= 4 is 39.7 Å². The van der Waals surface area contributed by atoms with Crippen molar-refractivity contribution in [1.82, 2.24) is 9.80 Å². The van der Waals surface area contributed by atoms with Crippen LogP contribution in [0.15, 0.2) is 17.5 Å². The van der Waals surface area contributed by atoms with Gasteiger partial charge >= 0.3 is 6.09 Å². The van der Waals surface area contributed by atoms with Gasteiger partial charge in [0.05, 0.1) is 11.5 Å². The number of aryl methyl sites for hydroxylation is 1. The number of piperazine rings is 1. The first kappa shape index (κ1) is 19.9. The highest BCUT2D eigenvalue weighted by atomic mass is 32.1. The Morgan fingerprint density at radius 2 is 1.96 bits per heavy atom. The first-order chi connectivity index (χ1) is 13.0. The Morgan fingerprint density at radius 3 is 2.59 bits per heavy atom. The molecule has 2 aromatic rings. The number of carbonyl (C=O) groups excluding carboxylic acids is 2. The molecule has 2 aromatic heterocycles. The van der Waals surface area contributed by atoms with E-state index in [9.17, 15) is 9.59 Å². The molecule has 1 fully saturated rings. The van der Waals surface area contributed by atoms with Crippen molar-refractivity contribution in [3.63, 3.8) is 0 Å². The molecule has 0 unspecified atom stereocenters. The molecule has 0 bridgehead atoms. The van der Waals surface area contributed by atoms with Gasteiger partial charge in [0.15, 0.2) is 0 Å². The summed E-state index contributed by atoms with van der Waals surface area (Å²) in [6.45, 7) is 10.1. The van der Waals surface area contributed by atoms with Crippen LogP contribution in [0.3, 0.4) is 0 Å². The van der Waals surface area contributed by atoms with Crippen molar-refractivity contribution in [2.24, 2.45) is 0 Å². The van der Waals surface area contributed by atoms with Gasteiger partial charge < -0.3 is 15.0 Å². The molecular weight excluding hydrogens is 382 g/mol. The fourth-order valence-electron chi connectivity index (χ4n) is 3.06. The lowest BCUT2D eigenvalue weighted by Gasteiger charge is -2.34. The Hall–Kier alpha value is -1.90. The average molecular weight is 408 g/mol. The number of ether oxygens (including phenoxy) is 1. The molecule has 0 radical (unpaired) electrons. The Bertz CT molecular complexity index is 793. The maximum absolute atomic E-state index is 12.5. The highest BCUT2D eigenvalue weighted by molar-refractivity contribution is 7.17. The number of thiophene rings is 2. The second-order valence-electron chi connectivity index (χ2n) is 6.48. The minimum absolute atomic E-state index is 0.0559. The third-order valence-corrected chi connectivity index (χ3v) is 6.80. The molecule has 3 rings (SSSR count). The molecule has 1 N–H and O–H groups in total. The molecule has 8 heteroatoms. The van der Waals surface area contributed by atoms with E-state index >= 15 is 0 Å². The molecule has 146 valence electrons. The van der Waals surface area contributed by atoms with Crippen molar-refractivity contribution in [1.29, 1.82) is 0 Å². The number of hydrogen-bond donors (Lipinski definition) is 1. The zero-order valence-electron chi connectivity index (χ0n) is 15.9. The van der Waals surface area contributed by atoms with Crippen molar-refractivity contribution in [3.8, 4) is 0 Å². The number of amides is 2. The van der Waals surface area contributed by atoms with E-state index in [4.69, 9.17) is 4.74 Å². The summed E-state index contributed by atoms with van der Waals surface area (Å²) in [5.74, 6) is -0.0559. The number of rotatable bonds is 5. The molecule has 0 atom stereocenters. The van der Waals surface area contributed by atoms with Crippen LogP contribution >= 0.6 is 22.7 Å². The number of hydrogen-bond acceptors (Lipinski definition) is 6. The molecule has 0 aliphatic carbocycles. The van der Waals surface area contributed by atoms with Crippen molar-refractivity contribution in [3.05, 3.63) is 38.4 Å². The molecule has 0 aromatic carbocycles. The van der Waals surface area contributed by atoms with Gasteiger partial charge in [0, 0.05) is 43.2 Å². The van der Waals surface area contributed by atoms with E-state index in [1.54, 1.807) is 16.2 Å². The van der Waals surface area contributed by atoms with Crippen molar-refractivity contribution < 1.29 is 14.3 Å². The van der Waals surface area contributed by atoms with E-state index in [0.717, 1.165) is 24.6 Å². The normalized spacial score (nSPS) is 15.0. The SMILES string of the molecule is CCOC(=O)N1CCN(Cc2c(NC(=O)c3cccs3)sc(C)c2C)CC1. The fraction of sp³-hybridized carbons (Fsp3) is 0.474. The second kappa shape index (κ2) is 8.86. The zero-order chi connectivity index (χ0) is 19.4. The van der Waals surface area contributed by atoms with E-state index in [-0.39, 0.29) is 12.0 Å². The summed E-state index contributed by atoms with van der Waals surface area (Å²) in [5, 5.41) is 5.92. The Kier molecular flexibility index (Phi) is 6.51. The number of nitrogens with zero attached hydrogens (tertiary/aromatic N) is 2. The average Bonchev–Trinajstić information content (AvgIpc) is 3.28. The van der Waals surface area contributed by atoms with Crippen LogP contribution < -0.4 is 5.32 Å². The highest BCUT2D eigenvalue weighted by Gasteiger charge is 2.24. The lowest BCUT2D eigenvalue weighted by Crippen LogP contribution is -2.48. The predicted octanol–water partition coefficient (Wildman–Crippen LogP) is 3.95. The van der Waals surface area contributed by atoms with Crippen LogP contribution in [0.2, 0.25) is 0 Å². The molecular formula is C19H25N3O3S2. The van der Waals surface area contributed by atoms with Gasteiger partial charge in [-0.25, -0.2) is 4.79 Å². The van der Waals surface area contributed by atoms with Gasteiger partial charge in [-0.15, -0.1) is 22.7 Å². The van der Waals surface area contributed by atoms with Crippen LogP contribution in [-0.2, 0) is 11.3 Å². The van der Waals surface area contributed by atoms with Crippen LogP contribution in [-0.4, -0.2) is 54.6 Å². The molecule has 1 aliphatic heterocycles. The van der Waals surface area contributed by atoms with Crippen LogP contribution in [0.5, 0.6) is 0 Å². The molecule has 0 spiro atoms. The molecule has 3 heterocycles. The maximum atomic E-state index is 12.5. The first-order valence-electron chi connectivity index (χ1n) is 9.07. The minimum atomic E-state index is -0.233. The topological polar surface area (TPSA) is 61.9 Å². The lowest BCUT2D eigenvalue weighted by molar-refractivity contribution is 0.0778. The number of nitrogens with one attached hydrogen (secondary N) is 1. The van der Waals surface area contributed by atoms with Gasteiger partial charge in [0.25, 0.3) is 5.91 Å². The maximum Gasteiger partial charge on any atom is 0.409 e. The van der Waals surface area contributed by atoms with Gasteiger partial charge in [0.2, 0.25) is 0 Å². The second-order valence-corrected chi connectivity index (χ2v) is 8.66. The predicted molar refractivity (Wildman–Crippen MR) is 110 cm³/mol. The smallest absolute Gasteiger partial charge is 0.409 e. The van der Waals surface area contributed by atoms with E-state index in [2.05, 4.69) is 24.1 Å². The van der Waals surface area contributed by atoms with Crippen molar-refractivity contribution in [2.75, 3.05) is 38.1 Å². The summed E-state index contributed by atoms with van der Waals surface area (Å²) in [4.78, 5) is 30.3. The minimum Gasteiger partial charge on any atom is -0.450 e. The Morgan fingerprint density at radius 1 is 1.22 bits per heavy atom. The van der Waals surface area contributed by atoms with E-state index in [1.165, 1.54) is 27.3 Å². The summed E-state index contributed by atoms with van der Waals surface area (Å²) >= 11 is 3.07. The summed E-state index contributed by atoms with van der Waals surface area (Å²) < 4.78 is 5.08. The van der Waals surface area contributed by atoms with Gasteiger partial charge in [-0.1, -0.05) is 6.07 Å². The molecule has 1 saturated heterocycles. The molecule has 27 heavy (non-hydrogen) atoms. The number of anilines is 1. The monoisotopic (exact) mass is 407 g/mol. The third kappa shape index (κ3) is 4.69. The van der Waals surface area contributed by atoms with Crippen LogP contribution in [0.25, 0.3) is 0 Å². The van der Waals surface area contributed by atoms with Crippen LogP contribution in [0.4, 0.5) is 9.80 Å². The van der Waals surface area contributed by atoms with Gasteiger partial charge in [-0.3, -0.25) is 9.69 Å². The summed E-state index contributed by atoms with van der Waals surface area (Å²) in [5.41, 5.74) is 2.40. The van der Waals surface area contributed by atoms with Gasteiger partial charge in [-0.05, 0) is 37.8 Å². The molecule has 2 amide bonds. The quantitative estimate of drug-likeness (QED) is 0.815. The molecule has 0 saturated carbocycles. The lowest BCUT2D eigenvalue weighted by atomic mass is 10.1. The summed E-state index contributed by atoms with van der Waals surface area (Å²) in [7, 11) is 0. The third-order valence-electron chi connectivity index (χ3n) is 4.76. The standard InChI is InChI=1S/C19H25N3O3S2/c1-4-25-19(24)22-9-7-21(8-10-22)12-15-13(2)14(3)27-18(15)20-17(23)16-6-5-11-26-16/h5-6,11H,4,7-10,12H2,1-3H3,(H,20,23). The largest absolute Gasteiger partial charge is 0.450 e. The summed E-state index contributed by atoms with van der Waals surface area (Å²) in [6.07, 6.45) is -0.233. The summed E-state index contributed by atoms with van der Waals surface area (Å²) in [6, 6.07) is 3.72. The van der Waals surface area contributed by atoms with Crippen LogP contribution in [0, 0.1) is 13.8 Å². The number of carbonyl (C=O) groups is 2. The fourth-order valence-corrected chi connectivity index (χ4v) is 4.75. The Balaban J connectivity index is 1.65. The highest BCUT2D eigenvalue weighted by Crippen LogP contribution is 2.34. The van der Waals surface area contributed by atoms with Gasteiger partial charge in [-0.2, -0.15) is 0 Å². The van der Waals surface area contributed by atoms with E-state index in [1.807, 2.05) is 24.4 Å².